The standard InChI is InChI=1S/C32H39N3O3.ClH/c1-22(2)19-35-29-9-6-10-31(28(29)18-30(35)32(37)33-3)38-21-27(36)20-34-15-13-24(14-16-34)26-12-11-23-7-4-5-8-25(23)17-26;/h4-12,17-18,22,24,27,36H,13-16,19-21H2,1-3H3,(H,33,37);1H/t27-;/m0./s1. The van der Waals surface area contributed by atoms with Gasteiger partial charge >= 0.3 is 0 Å². The van der Waals surface area contributed by atoms with Crippen molar-refractivity contribution in [2.75, 3.05) is 33.3 Å². The summed E-state index contributed by atoms with van der Waals surface area (Å²) in [6.45, 7) is 7.77. The molecule has 6 nitrogen and oxygen atoms in total. The lowest BCUT2D eigenvalue weighted by atomic mass is 9.88. The summed E-state index contributed by atoms with van der Waals surface area (Å²) in [6.07, 6.45) is 1.60. The zero-order chi connectivity index (χ0) is 26.6. The molecular weight excluding hydrogens is 510 g/mol. The quantitative estimate of drug-likeness (QED) is 0.275. The van der Waals surface area contributed by atoms with Crippen molar-refractivity contribution in [3.63, 3.8) is 0 Å². The van der Waals surface area contributed by atoms with Crippen molar-refractivity contribution < 1.29 is 14.6 Å². The van der Waals surface area contributed by atoms with Crippen LogP contribution in [-0.2, 0) is 6.54 Å². The lowest BCUT2D eigenvalue weighted by Crippen LogP contribution is -2.40. The average molecular weight is 550 g/mol. The maximum Gasteiger partial charge on any atom is 0.267 e. The van der Waals surface area contributed by atoms with Crippen LogP contribution in [0.25, 0.3) is 21.7 Å². The van der Waals surface area contributed by atoms with Crippen molar-refractivity contribution in [3.8, 4) is 5.75 Å². The molecule has 3 aromatic carbocycles. The number of aliphatic hydroxyl groups excluding tert-OH is 1. The van der Waals surface area contributed by atoms with E-state index in [1.54, 1.807) is 7.05 Å². The minimum Gasteiger partial charge on any atom is -0.490 e. The second-order valence-corrected chi connectivity index (χ2v) is 10.9. The summed E-state index contributed by atoms with van der Waals surface area (Å²) in [5.41, 5.74) is 3.02. The number of likely N-dealkylation sites (tertiary alicyclic amines) is 1. The molecule has 1 fully saturated rings. The highest BCUT2D eigenvalue weighted by Gasteiger charge is 2.23. The second kappa shape index (κ2) is 12.9. The number of carbonyl (C=O) groups excluding carboxylic acids is 1. The number of carbonyl (C=O) groups is 1. The first-order valence-electron chi connectivity index (χ1n) is 13.8. The van der Waals surface area contributed by atoms with E-state index in [0.29, 0.717) is 29.8 Å². The van der Waals surface area contributed by atoms with Crippen LogP contribution < -0.4 is 10.1 Å². The van der Waals surface area contributed by atoms with Crippen LogP contribution in [0.15, 0.2) is 66.7 Å². The monoisotopic (exact) mass is 549 g/mol. The first-order chi connectivity index (χ1) is 18.4. The summed E-state index contributed by atoms with van der Waals surface area (Å²) in [4.78, 5) is 14.9. The molecule has 1 aliphatic rings. The Morgan fingerprint density at radius 3 is 2.46 bits per heavy atom. The highest BCUT2D eigenvalue weighted by molar-refractivity contribution is 6.00. The maximum atomic E-state index is 12.5. The zero-order valence-corrected chi connectivity index (χ0v) is 23.9. The minimum atomic E-state index is -0.585. The lowest BCUT2D eigenvalue weighted by Gasteiger charge is -2.33. The van der Waals surface area contributed by atoms with E-state index in [9.17, 15) is 9.90 Å². The fraction of sp³-hybridized carbons (Fsp3) is 0.406. The molecule has 5 rings (SSSR count). The SMILES string of the molecule is CNC(=O)c1cc2c(OC[C@@H](O)CN3CCC(c4ccc5ccccc5c4)CC3)cccc2n1CC(C)C.Cl. The Morgan fingerprint density at radius 2 is 1.74 bits per heavy atom. The molecule has 1 aliphatic heterocycles. The molecule has 7 heteroatoms. The Morgan fingerprint density at radius 1 is 1.00 bits per heavy atom. The number of halogens is 1. The third-order valence-electron chi connectivity index (χ3n) is 7.65. The number of nitrogens with one attached hydrogen (secondary N) is 1. The van der Waals surface area contributed by atoms with E-state index < -0.39 is 6.10 Å². The van der Waals surface area contributed by atoms with Gasteiger partial charge in [-0.2, -0.15) is 0 Å². The molecule has 39 heavy (non-hydrogen) atoms. The molecule has 1 amide bonds. The number of ether oxygens (including phenoxy) is 1. The summed E-state index contributed by atoms with van der Waals surface area (Å²) >= 11 is 0. The Labute approximate surface area is 237 Å². The van der Waals surface area contributed by atoms with Gasteiger partial charge < -0.3 is 24.6 Å². The number of benzene rings is 3. The molecule has 208 valence electrons. The number of piperidine rings is 1. The third kappa shape index (κ3) is 6.57. The number of aliphatic hydroxyl groups is 1. The molecule has 0 radical (unpaired) electrons. The van der Waals surface area contributed by atoms with Gasteiger partial charge in [-0.1, -0.05) is 62.4 Å². The van der Waals surface area contributed by atoms with Gasteiger partial charge in [-0.25, -0.2) is 0 Å². The average Bonchev–Trinajstić information content (AvgIpc) is 3.30. The van der Waals surface area contributed by atoms with Crippen molar-refractivity contribution in [2.45, 2.75) is 45.3 Å². The summed E-state index contributed by atoms with van der Waals surface area (Å²) in [5, 5.41) is 17.0. The van der Waals surface area contributed by atoms with E-state index in [4.69, 9.17) is 4.74 Å². The van der Waals surface area contributed by atoms with Crippen molar-refractivity contribution in [3.05, 3.63) is 78.0 Å². The van der Waals surface area contributed by atoms with Crippen LogP contribution in [0.3, 0.4) is 0 Å². The number of hydrogen-bond acceptors (Lipinski definition) is 4. The van der Waals surface area contributed by atoms with Gasteiger partial charge in [-0.15, -0.1) is 12.4 Å². The number of amides is 1. The van der Waals surface area contributed by atoms with Crippen molar-refractivity contribution in [2.24, 2.45) is 5.92 Å². The summed E-state index contributed by atoms with van der Waals surface area (Å²) in [6, 6.07) is 23.2. The van der Waals surface area contributed by atoms with Crippen LogP contribution in [0.4, 0.5) is 0 Å². The van der Waals surface area contributed by atoms with Crippen molar-refractivity contribution >= 4 is 40.0 Å². The number of fused-ring (bicyclic) bond motifs is 2. The van der Waals surface area contributed by atoms with Crippen LogP contribution in [0.1, 0.15) is 48.7 Å². The third-order valence-corrected chi connectivity index (χ3v) is 7.65. The lowest BCUT2D eigenvalue weighted by molar-refractivity contribution is 0.0599. The fourth-order valence-corrected chi connectivity index (χ4v) is 5.71. The normalized spacial score (nSPS) is 15.4. The zero-order valence-electron chi connectivity index (χ0n) is 23.1. The molecule has 0 spiro atoms. The maximum absolute atomic E-state index is 12.5. The van der Waals surface area contributed by atoms with Gasteiger partial charge in [-0.05, 0) is 72.3 Å². The first kappa shape index (κ1) is 28.9. The van der Waals surface area contributed by atoms with E-state index in [0.717, 1.165) is 43.4 Å². The molecular formula is C32H40ClN3O3. The molecule has 0 saturated carbocycles. The van der Waals surface area contributed by atoms with Gasteiger partial charge in [0, 0.05) is 25.5 Å². The Balaban J connectivity index is 0.00000353. The fourth-order valence-electron chi connectivity index (χ4n) is 5.71. The van der Waals surface area contributed by atoms with Gasteiger partial charge in [0.25, 0.3) is 5.91 Å². The molecule has 0 bridgehead atoms. The van der Waals surface area contributed by atoms with Crippen LogP contribution in [-0.4, -0.2) is 59.9 Å². The minimum absolute atomic E-state index is 0. The van der Waals surface area contributed by atoms with E-state index in [1.165, 1.54) is 16.3 Å². The molecule has 2 heterocycles. The molecule has 1 atom stereocenters. The first-order valence-corrected chi connectivity index (χ1v) is 13.8. The van der Waals surface area contributed by atoms with E-state index in [-0.39, 0.29) is 24.9 Å². The summed E-state index contributed by atoms with van der Waals surface area (Å²) < 4.78 is 8.18. The second-order valence-electron chi connectivity index (χ2n) is 10.9. The van der Waals surface area contributed by atoms with E-state index in [1.807, 2.05) is 24.3 Å². The van der Waals surface area contributed by atoms with Crippen LogP contribution >= 0.6 is 12.4 Å². The Hall–Kier alpha value is -3.06. The van der Waals surface area contributed by atoms with Crippen molar-refractivity contribution in [1.29, 1.82) is 0 Å². The smallest absolute Gasteiger partial charge is 0.267 e. The van der Waals surface area contributed by atoms with Gasteiger partial charge in [0.2, 0.25) is 0 Å². The molecule has 1 saturated heterocycles. The summed E-state index contributed by atoms with van der Waals surface area (Å²) in [7, 11) is 1.65. The predicted molar refractivity (Wildman–Crippen MR) is 161 cm³/mol. The largest absolute Gasteiger partial charge is 0.490 e. The predicted octanol–water partition coefficient (Wildman–Crippen LogP) is 5.85. The van der Waals surface area contributed by atoms with Gasteiger partial charge in [0.15, 0.2) is 0 Å². The highest BCUT2D eigenvalue weighted by atomic mass is 35.5. The molecule has 1 aromatic heterocycles. The number of hydrogen-bond donors (Lipinski definition) is 2. The highest BCUT2D eigenvalue weighted by Crippen LogP contribution is 2.32. The Bertz CT molecular complexity index is 1410. The topological polar surface area (TPSA) is 66.7 Å². The van der Waals surface area contributed by atoms with Gasteiger partial charge in [0.05, 0.1) is 5.52 Å². The van der Waals surface area contributed by atoms with Gasteiger partial charge in [-0.3, -0.25) is 4.79 Å². The van der Waals surface area contributed by atoms with Crippen LogP contribution in [0.5, 0.6) is 5.75 Å². The van der Waals surface area contributed by atoms with E-state index in [2.05, 4.69) is 71.1 Å². The van der Waals surface area contributed by atoms with E-state index >= 15 is 0 Å². The van der Waals surface area contributed by atoms with Crippen LogP contribution in [0, 0.1) is 5.92 Å². The number of β-amino-alcohol motifs (C(OH)–C–C–N with tert-alkyl or cyclic N) is 1. The summed E-state index contributed by atoms with van der Waals surface area (Å²) in [5.74, 6) is 1.54. The number of nitrogens with zero attached hydrogens (tertiary/aromatic N) is 2. The molecule has 2 N–H and O–H groups in total. The number of aromatic nitrogens is 1. The van der Waals surface area contributed by atoms with Crippen LogP contribution in [0.2, 0.25) is 0 Å². The van der Waals surface area contributed by atoms with Crippen molar-refractivity contribution in [1.82, 2.24) is 14.8 Å². The molecule has 0 aliphatic carbocycles. The van der Waals surface area contributed by atoms with Gasteiger partial charge in [0.1, 0.15) is 24.2 Å². The molecule has 0 unspecified atom stereocenters. The molecule has 4 aromatic rings. The Kier molecular flexibility index (Phi) is 9.54. The number of rotatable bonds is 9.